The van der Waals surface area contributed by atoms with Crippen molar-refractivity contribution >= 4 is 88.5 Å². The van der Waals surface area contributed by atoms with Gasteiger partial charge in [0.05, 0.1) is 33.1 Å². The Balaban J connectivity index is 1.16. The quantitative estimate of drug-likeness (QED) is 0.151. The first-order valence-corrected chi connectivity index (χ1v) is 20.1. The first-order valence-electron chi connectivity index (χ1n) is 20.1. The Morgan fingerprint density at radius 2 is 0.724 bits per heavy atom. The zero-order valence-electron chi connectivity index (χ0n) is 31.7. The third kappa shape index (κ3) is 4.88. The van der Waals surface area contributed by atoms with Crippen molar-refractivity contribution in [2.75, 3.05) is 0 Å². The molecule has 0 saturated carbocycles. The van der Waals surface area contributed by atoms with Gasteiger partial charge in [-0.05, 0) is 66.7 Å². The van der Waals surface area contributed by atoms with Gasteiger partial charge in [0.2, 0.25) is 6.71 Å². The molecule has 0 unspecified atom stereocenters. The van der Waals surface area contributed by atoms with Gasteiger partial charge in [0.15, 0.2) is 0 Å². The molecule has 9 aromatic carbocycles. The largest absolute Gasteiger partial charge is 0.309 e. The van der Waals surface area contributed by atoms with Gasteiger partial charge >= 0.3 is 0 Å². The van der Waals surface area contributed by atoms with Crippen LogP contribution >= 0.6 is 0 Å². The predicted molar refractivity (Wildman–Crippen MR) is 247 cm³/mol. The molecule has 4 heteroatoms. The fraction of sp³-hybridized carbons (Fsp3) is 0. The Morgan fingerprint density at radius 1 is 0.259 bits per heavy atom. The molecule has 3 heterocycles. The number of aromatic nitrogens is 3. The lowest BCUT2D eigenvalue weighted by Gasteiger charge is -2.16. The Kier molecular flexibility index (Phi) is 7.33. The van der Waals surface area contributed by atoms with Gasteiger partial charge in [-0.15, -0.1) is 0 Å². The molecule has 3 nitrogen and oxygen atoms in total. The van der Waals surface area contributed by atoms with Crippen LogP contribution in [0.5, 0.6) is 0 Å². The molecule has 0 saturated heterocycles. The first kappa shape index (κ1) is 32.7. The molecule has 0 amide bonds. The van der Waals surface area contributed by atoms with Crippen LogP contribution in [-0.2, 0) is 0 Å². The van der Waals surface area contributed by atoms with E-state index in [-0.39, 0.29) is 6.71 Å². The number of para-hydroxylation sites is 4. The summed E-state index contributed by atoms with van der Waals surface area (Å²) in [6, 6.07) is 79.9. The van der Waals surface area contributed by atoms with Gasteiger partial charge in [0, 0.05) is 49.4 Å². The summed E-state index contributed by atoms with van der Waals surface area (Å²) in [5, 5.41) is 7.48. The molecule has 0 aliphatic carbocycles. The molecule has 0 bridgehead atoms. The van der Waals surface area contributed by atoms with Crippen molar-refractivity contribution in [1.29, 1.82) is 0 Å². The van der Waals surface area contributed by atoms with Crippen LogP contribution in [0.4, 0.5) is 0 Å². The summed E-state index contributed by atoms with van der Waals surface area (Å²) in [5.74, 6) is 0. The molecule has 58 heavy (non-hydrogen) atoms. The van der Waals surface area contributed by atoms with Crippen molar-refractivity contribution in [2.24, 2.45) is 0 Å². The van der Waals surface area contributed by atoms with Gasteiger partial charge in [-0.2, -0.15) is 0 Å². The SMILES string of the molecule is c1ccc(B(c2ccccc2)c2ccc3c(c2)c2cc(-n4c5ccccc5c5c4ccc4c6ccccc6n(-c6ccccc6)c45)ccc2n3-c2ccccc2)cc1. The van der Waals surface area contributed by atoms with Gasteiger partial charge in [0.1, 0.15) is 0 Å². The van der Waals surface area contributed by atoms with Crippen LogP contribution < -0.4 is 16.4 Å². The number of hydrogen-bond donors (Lipinski definition) is 0. The average Bonchev–Trinajstić information content (AvgIpc) is 3.93. The molecule has 0 radical (unpaired) electrons. The van der Waals surface area contributed by atoms with Crippen molar-refractivity contribution in [3.63, 3.8) is 0 Å². The predicted octanol–water partition coefficient (Wildman–Crippen LogP) is 11.5. The second-order valence-corrected chi connectivity index (χ2v) is 15.3. The van der Waals surface area contributed by atoms with Crippen molar-refractivity contribution in [3.05, 3.63) is 218 Å². The Bertz CT molecular complexity index is 3450. The van der Waals surface area contributed by atoms with E-state index in [4.69, 9.17) is 0 Å². The van der Waals surface area contributed by atoms with E-state index in [2.05, 4.69) is 232 Å². The van der Waals surface area contributed by atoms with Gasteiger partial charge in [-0.3, -0.25) is 0 Å². The second kappa shape index (κ2) is 13.0. The zero-order chi connectivity index (χ0) is 38.2. The Labute approximate surface area is 336 Å². The highest BCUT2D eigenvalue weighted by Gasteiger charge is 2.25. The topological polar surface area (TPSA) is 14.8 Å². The van der Waals surface area contributed by atoms with Crippen molar-refractivity contribution < 1.29 is 0 Å². The smallest absolute Gasteiger partial charge is 0.241 e. The maximum atomic E-state index is 2.48. The molecule has 0 spiro atoms. The molecule has 0 aliphatic rings. The summed E-state index contributed by atoms with van der Waals surface area (Å²) in [6.45, 7) is 0.0984. The number of rotatable bonds is 6. The lowest BCUT2D eigenvalue weighted by Crippen LogP contribution is -2.51. The number of benzene rings is 9. The van der Waals surface area contributed by atoms with Gasteiger partial charge < -0.3 is 13.7 Å². The van der Waals surface area contributed by atoms with E-state index >= 15 is 0 Å². The summed E-state index contributed by atoms with van der Waals surface area (Å²) >= 11 is 0. The Hall–Kier alpha value is -7.56. The van der Waals surface area contributed by atoms with Crippen molar-refractivity contribution in [1.82, 2.24) is 13.7 Å². The van der Waals surface area contributed by atoms with E-state index in [1.54, 1.807) is 0 Å². The standard InChI is InChI=1S/C54H36BN3/c1-5-17-37(18-6-1)55(38-19-7-2-8-20-38)39-29-32-50-46(35-39)47-36-42(30-33-51(47)56(50)40-21-9-3-10-22-40)57-49-28-16-14-26-45(49)53-52(57)34-31-44-43-25-13-15-27-48(43)58(54(44)53)41-23-11-4-12-24-41/h1-36H. The molecule has 270 valence electrons. The fourth-order valence-corrected chi connectivity index (χ4v) is 9.70. The molecule has 12 rings (SSSR count). The van der Waals surface area contributed by atoms with Crippen LogP contribution in [0.15, 0.2) is 218 Å². The molecule has 3 aromatic heterocycles. The minimum atomic E-state index is 0.0984. The van der Waals surface area contributed by atoms with Gasteiger partial charge in [0.25, 0.3) is 0 Å². The maximum absolute atomic E-state index is 2.48. The molecule has 0 N–H and O–H groups in total. The summed E-state index contributed by atoms with van der Waals surface area (Å²) in [6.07, 6.45) is 0. The summed E-state index contributed by atoms with van der Waals surface area (Å²) in [5.41, 5.74) is 14.5. The second-order valence-electron chi connectivity index (χ2n) is 15.3. The van der Waals surface area contributed by atoms with E-state index in [0.717, 1.165) is 17.1 Å². The van der Waals surface area contributed by atoms with Crippen LogP contribution in [0.1, 0.15) is 0 Å². The fourth-order valence-electron chi connectivity index (χ4n) is 9.70. The third-order valence-corrected chi connectivity index (χ3v) is 12.1. The monoisotopic (exact) mass is 737 g/mol. The van der Waals surface area contributed by atoms with Crippen LogP contribution in [0, 0.1) is 0 Å². The summed E-state index contributed by atoms with van der Waals surface area (Å²) < 4.78 is 7.35. The third-order valence-electron chi connectivity index (χ3n) is 12.1. The van der Waals surface area contributed by atoms with E-state index in [1.807, 2.05) is 0 Å². The van der Waals surface area contributed by atoms with E-state index < -0.39 is 0 Å². The number of nitrogens with zero attached hydrogens (tertiary/aromatic N) is 3. The van der Waals surface area contributed by atoms with E-state index in [9.17, 15) is 0 Å². The van der Waals surface area contributed by atoms with Crippen LogP contribution in [-0.4, -0.2) is 20.4 Å². The zero-order valence-corrected chi connectivity index (χ0v) is 31.7. The molecule has 0 aliphatic heterocycles. The highest BCUT2D eigenvalue weighted by molar-refractivity contribution is 6.95. The van der Waals surface area contributed by atoms with Crippen LogP contribution in [0.25, 0.3) is 82.5 Å². The molecule has 0 fully saturated rings. The van der Waals surface area contributed by atoms with Gasteiger partial charge in [-0.25, -0.2) is 0 Å². The summed E-state index contributed by atoms with van der Waals surface area (Å²) in [7, 11) is 0. The molecular formula is C54H36BN3. The number of hydrogen-bond acceptors (Lipinski definition) is 0. The normalized spacial score (nSPS) is 11.8. The van der Waals surface area contributed by atoms with Crippen molar-refractivity contribution in [3.8, 4) is 17.1 Å². The minimum Gasteiger partial charge on any atom is -0.309 e. The molecular weight excluding hydrogens is 701 g/mol. The van der Waals surface area contributed by atoms with Crippen LogP contribution in [0.2, 0.25) is 0 Å². The lowest BCUT2D eigenvalue weighted by atomic mass is 9.37. The lowest BCUT2D eigenvalue weighted by molar-refractivity contribution is 1.16. The maximum Gasteiger partial charge on any atom is 0.241 e. The van der Waals surface area contributed by atoms with Crippen LogP contribution in [0.3, 0.4) is 0 Å². The average molecular weight is 738 g/mol. The number of fused-ring (bicyclic) bond motifs is 10. The van der Waals surface area contributed by atoms with E-state index in [0.29, 0.717) is 0 Å². The molecule has 12 aromatic rings. The molecule has 0 atom stereocenters. The first-order chi connectivity index (χ1) is 28.8. The minimum absolute atomic E-state index is 0.0984. The highest BCUT2D eigenvalue weighted by Crippen LogP contribution is 2.43. The Morgan fingerprint density at radius 3 is 1.38 bits per heavy atom. The van der Waals surface area contributed by atoms with Gasteiger partial charge in [-0.1, -0.05) is 168 Å². The van der Waals surface area contributed by atoms with E-state index in [1.165, 1.54) is 81.8 Å². The summed E-state index contributed by atoms with van der Waals surface area (Å²) in [4.78, 5) is 0. The van der Waals surface area contributed by atoms with Crippen molar-refractivity contribution in [2.45, 2.75) is 0 Å². The highest BCUT2D eigenvalue weighted by atomic mass is 15.0.